The second-order valence-corrected chi connectivity index (χ2v) is 9.74. The molecule has 1 fully saturated rings. The van der Waals surface area contributed by atoms with Crippen LogP contribution in [0.15, 0.2) is 29.2 Å². The molecule has 30 heavy (non-hydrogen) atoms. The Labute approximate surface area is 181 Å². The van der Waals surface area contributed by atoms with Gasteiger partial charge < -0.3 is 15.0 Å². The normalized spacial score (nSPS) is 17.0. The predicted molar refractivity (Wildman–Crippen MR) is 116 cm³/mol. The van der Waals surface area contributed by atoms with Crippen LogP contribution in [0.5, 0.6) is 0 Å². The molecule has 1 aliphatic carbocycles. The number of thioether (sulfide) groups is 1. The van der Waals surface area contributed by atoms with Crippen LogP contribution in [0.1, 0.15) is 22.7 Å². The van der Waals surface area contributed by atoms with Crippen molar-refractivity contribution >= 4 is 44.8 Å². The summed E-state index contributed by atoms with van der Waals surface area (Å²) in [5.41, 5.74) is 2.21. The maximum absolute atomic E-state index is 12.6. The standard InChI is InChI=1S/C21H22F2N4OS2/c22-21(23)29-14-6-4-13(5-7-14)24-19-18-15-2-1-3-16(15)30-20(18)26-17(25-19)12-27-8-10-28-11-9-27/h4-7,21H,1-3,8-12H2,(H,24,25,26)/p+1. The lowest BCUT2D eigenvalue weighted by atomic mass is 10.2. The van der Waals surface area contributed by atoms with Crippen LogP contribution >= 0.6 is 23.1 Å². The maximum Gasteiger partial charge on any atom is 0.288 e. The van der Waals surface area contributed by atoms with E-state index in [-0.39, 0.29) is 0 Å². The number of nitrogens with zero attached hydrogens (tertiary/aromatic N) is 2. The molecule has 0 spiro atoms. The molecule has 5 rings (SSSR count). The molecule has 3 aromatic rings. The van der Waals surface area contributed by atoms with Crippen LogP contribution in [0.2, 0.25) is 0 Å². The van der Waals surface area contributed by atoms with Gasteiger partial charge in [0.05, 0.1) is 18.6 Å². The maximum atomic E-state index is 12.6. The molecule has 5 nitrogen and oxygen atoms in total. The fourth-order valence-electron chi connectivity index (χ4n) is 4.13. The second-order valence-electron chi connectivity index (χ2n) is 7.59. The molecular formula is C21H23F2N4OS2+. The molecule has 1 aromatic carbocycles. The zero-order chi connectivity index (χ0) is 20.5. The molecule has 9 heteroatoms. The molecule has 3 heterocycles. The van der Waals surface area contributed by atoms with Gasteiger partial charge in [-0.3, -0.25) is 0 Å². The predicted octanol–water partition coefficient (Wildman–Crippen LogP) is 3.65. The first kappa shape index (κ1) is 20.1. The summed E-state index contributed by atoms with van der Waals surface area (Å²) >= 11 is 2.34. The van der Waals surface area contributed by atoms with Crippen LogP contribution in [-0.4, -0.2) is 42.0 Å². The Morgan fingerprint density at radius 1 is 1.13 bits per heavy atom. The Hall–Kier alpha value is -1.81. The number of fused-ring (bicyclic) bond motifs is 3. The van der Waals surface area contributed by atoms with E-state index in [0.717, 1.165) is 73.2 Å². The Bertz CT molecular complexity index is 1040. The van der Waals surface area contributed by atoms with Crippen LogP contribution in [0.3, 0.4) is 0 Å². The van der Waals surface area contributed by atoms with E-state index >= 15 is 0 Å². The Kier molecular flexibility index (Phi) is 5.86. The average molecular weight is 450 g/mol. The van der Waals surface area contributed by atoms with E-state index in [1.54, 1.807) is 23.5 Å². The average Bonchev–Trinajstić information content (AvgIpc) is 3.31. The molecule has 2 N–H and O–H groups in total. The number of nitrogens with one attached hydrogen (secondary N) is 2. The van der Waals surface area contributed by atoms with E-state index < -0.39 is 5.76 Å². The third-order valence-electron chi connectivity index (χ3n) is 5.56. The van der Waals surface area contributed by atoms with E-state index in [1.807, 2.05) is 12.1 Å². The van der Waals surface area contributed by atoms with Gasteiger partial charge in [0.25, 0.3) is 5.76 Å². The highest BCUT2D eigenvalue weighted by Gasteiger charge is 2.24. The van der Waals surface area contributed by atoms with Gasteiger partial charge in [0.2, 0.25) is 0 Å². The van der Waals surface area contributed by atoms with Crippen LogP contribution in [0, 0.1) is 0 Å². The Morgan fingerprint density at radius 2 is 1.93 bits per heavy atom. The monoisotopic (exact) mass is 449 g/mol. The highest BCUT2D eigenvalue weighted by atomic mass is 32.2. The van der Waals surface area contributed by atoms with E-state index in [0.29, 0.717) is 16.7 Å². The zero-order valence-electron chi connectivity index (χ0n) is 16.4. The van der Waals surface area contributed by atoms with E-state index in [1.165, 1.54) is 21.8 Å². The lowest BCUT2D eigenvalue weighted by Gasteiger charge is -2.23. The van der Waals surface area contributed by atoms with Crippen LogP contribution < -0.4 is 10.2 Å². The molecule has 1 saturated heterocycles. The Morgan fingerprint density at radius 3 is 2.70 bits per heavy atom. The summed E-state index contributed by atoms with van der Waals surface area (Å²) in [6.45, 7) is 4.27. The van der Waals surface area contributed by atoms with Gasteiger partial charge in [0.1, 0.15) is 30.3 Å². The molecule has 0 saturated carbocycles. The fraction of sp³-hybridized carbons (Fsp3) is 0.429. The second kappa shape index (κ2) is 8.74. The summed E-state index contributed by atoms with van der Waals surface area (Å²) in [6.07, 6.45) is 3.35. The minimum atomic E-state index is -2.41. The van der Waals surface area contributed by atoms with Crippen LogP contribution in [-0.2, 0) is 24.1 Å². The largest absolute Gasteiger partial charge is 0.370 e. The number of aromatic nitrogens is 2. The summed E-state index contributed by atoms with van der Waals surface area (Å²) in [5, 5.41) is 4.57. The number of alkyl halides is 2. The number of anilines is 2. The zero-order valence-corrected chi connectivity index (χ0v) is 18.1. The van der Waals surface area contributed by atoms with E-state index in [4.69, 9.17) is 14.7 Å². The topological polar surface area (TPSA) is 51.5 Å². The lowest BCUT2D eigenvalue weighted by Crippen LogP contribution is -3.12. The number of rotatable bonds is 6. The number of hydrogen-bond acceptors (Lipinski definition) is 6. The van der Waals surface area contributed by atoms with Gasteiger partial charge in [-0.1, -0.05) is 11.8 Å². The quantitative estimate of drug-likeness (QED) is 0.563. The minimum absolute atomic E-state index is 0.552. The van der Waals surface area contributed by atoms with Crippen LogP contribution in [0.25, 0.3) is 10.2 Å². The number of ether oxygens (including phenoxy) is 1. The van der Waals surface area contributed by atoms with Crippen molar-refractivity contribution in [1.82, 2.24) is 9.97 Å². The van der Waals surface area contributed by atoms with Gasteiger partial charge in [-0.25, -0.2) is 9.97 Å². The molecule has 0 amide bonds. The molecule has 0 atom stereocenters. The van der Waals surface area contributed by atoms with Gasteiger partial charge in [-0.05, 0) is 49.1 Å². The number of halogens is 2. The van der Waals surface area contributed by atoms with Gasteiger partial charge in [0, 0.05) is 15.5 Å². The molecule has 0 unspecified atom stereocenters. The van der Waals surface area contributed by atoms with Gasteiger partial charge in [-0.2, -0.15) is 8.78 Å². The first-order chi connectivity index (χ1) is 14.7. The number of hydrogen-bond donors (Lipinski definition) is 2. The lowest BCUT2D eigenvalue weighted by molar-refractivity contribution is -0.922. The molecule has 2 aromatic heterocycles. The summed E-state index contributed by atoms with van der Waals surface area (Å²) in [4.78, 5) is 14.3. The molecule has 1 aliphatic heterocycles. The summed E-state index contributed by atoms with van der Waals surface area (Å²) in [5.74, 6) is -0.744. The van der Waals surface area contributed by atoms with Crippen molar-refractivity contribution in [3.63, 3.8) is 0 Å². The number of quaternary nitrogens is 1. The Balaban J connectivity index is 1.47. The van der Waals surface area contributed by atoms with Gasteiger partial charge in [-0.15, -0.1) is 11.3 Å². The van der Waals surface area contributed by atoms with Crippen molar-refractivity contribution in [2.45, 2.75) is 36.5 Å². The van der Waals surface area contributed by atoms with Crippen molar-refractivity contribution < 1.29 is 18.4 Å². The van der Waals surface area contributed by atoms with Gasteiger partial charge >= 0.3 is 0 Å². The number of benzene rings is 1. The van der Waals surface area contributed by atoms with Crippen molar-refractivity contribution in [3.05, 3.63) is 40.5 Å². The third kappa shape index (κ3) is 4.30. The number of thiophene rings is 1. The van der Waals surface area contributed by atoms with Crippen molar-refractivity contribution in [2.24, 2.45) is 0 Å². The first-order valence-electron chi connectivity index (χ1n) is 10.2. The van der Waals surface area contributed by atoms with Crippen LogP contribution in [0.4, 0.5) is 20.3 Å². The number of aryl methyl sites for hydroxylation is 2. The summed E-state index contributed by atoms with van der Waals surface area (Å²) in [6, 6.07) is 7.10. The molecular weight excluding hydrogens is 426 g/mol. The highest BCUT2D eigenvalue weighted by molar-refractivity contribution is 7.99. The van der Waals surface area contributed by atoms with Crippen molar-refractivity contribution in [2.75, 3.05) is 31.6 Å². The number of morpholine rings is 1. The smallest absolute Gasteiger partial charge is 0.288 e. The third-order valence-corrected chi connectivity index (χ3v) is 7.47. The fourth-order valence-corrected chi connectivity index (χ4v) is 5.91. The highest BCUT2D eigenvalue weighted by Crippen LogP contribution is 2.40. The first-order valence-corrected chi connectivity index (χ1v) is 11.9. The molecule has 0 bridgehead atoms. The molecule has 0 radical (unpaired) electrons. The summed E-state index contributed by atoms with van der Waals surface area (Å²) in [7, 11) is 0. The van der Waals surface area contributed by atoms with E-state index in [2.05, 4.69) is 5.32 Å². The van der Waals surface area contributed by atoms with Crippen molar-refractivity contribution in [3.8, 4) is 0 Å². The van der Waals surface area contributed by atoms with Crippen molar-refractivity contribution in [1.29, 1.82) is 0 Å². The SMILES string of the molecule is FC(F)Sc1ccc(Nc2nc(C[NH+]3CCOCC3)nc3sc4c(c23)CCC4)cc1. The molecule has 158 valence electrons. The minimum Gasteiger partial charge on any atom is -0.370 e. The van der Waals surface area contributed by atoms with Gasteiger partial charge in [0.15, 0.2) is 5.82 Å². The summed E-state index contributed by atoms with van der Waals surface area (Å²) < 4.78 is 30.6. The molecule has 2 aliphatic rings. The van der Waals surface area contributed by atoms with E-state index in [9.17, 15) is 8.78 Å².